The minimum atomic E-state index is -0.0818. The quantitative estimate of drug-likeness (QED) is 0.848. The van der Waals surface area contributed by atoms with E-state index in [2.05, 4.69) is 16.9 Å². The van der Waals surface area contributed by atoms with Gasteiger partial charge in [-0.2, -0.15) is 5.10 Å². The maximum absolute atomic E-state index is 12.6. The molecule has 1 amide bonds. The molecule has 21 heavy (non-hydrogen) atoms. The van der Waals surface area contributed by atoms with E-state index in [-0.39, 0.29) is 5.91 Å². The Balaban J connectivity index is 1.70. The van der Waals surface area contributed by atoms with Crippen molar-refractivity contribution in [2.45, 2.75) is 26.3 Å². The minimum absolute atomic E-state index is 0.0818. The zero-order chi connectivity index (χ0) is 14.8. The van der Waals surface area contributed by atoms with Crippen LogP contribution in [0.25, 0.3) is 0 Å². The molecule has 0 saturated carbocycles. The fourth-order valence-electron chi connectivity index (χ4n) is 2.87. The maximum Gasteiger partial charge on any atom is 0.276 e. The van der Waals surface area contributed by atoms with Crippen LogP contribution in [0.4, 0.5) is 0 Å². The SMILES string of the molecule is CCCN1CCN(C(=O)c2nn3c(c2Cl)OCCC3)CC1. The van der Waals surface area contributed by atoms with Gasteiger partial charge in [-0.3, -0.25) is 9.69 Å². The zero-order valence-electron chi connectivity index (χ0n) is 12.3. The van der Waals surface area contributed by atoms with E-state index in [9.17, 15) is 4.79 Å². The van der Waals surface area contributed by atoms with E-state index in [0.717, 1.165) is 52.1 Å². The summed E-state index contributed by atoms with van der Waals surface area (Å²) in [6.45, 7) is 7.96. The Labute approximate surface area is 129 Å². The highest BCUT2D eigenvalue weighted by Crippen LogP contribution is 2.31. The summed E-state index contributed by atoms with van der Waals surface area (Å²) in [6.07, 6.45) is 2.04. The highest BCUT2D eigenvalue weighted by molar-refractivity contribution is 6.34. The summed E-state index contributed by atoms with van der Waals surface area (Å²) in [7, 11) is 0. The summed E-state index contributed by atoms with van der Waals surface area (Å²) in [4.78, 5) is 16.8. The normalized spacial score (nSPS) is 19.2. The van der Waals surface area contributed by atoms with E-state index in [1.54, 1.807) is 4.68 Å². The molecule has 116 valence electrons. The summed E-state index contributed by atoms with van der Waals surface area (Å²) in [6, 6.07) is 0. The highest BCUT2D eigenvalue weighted by atomic mass is 35.5. The monoisotopic (exact) mass is 312 g/mol. The Hall–Kier alpha value is -1.27. The molecular weight excluding hydrogens is 292 g/mol. The lowest BCUT2D eigenvalue weighted by Gasteiger charge is -2.34. The van der Waals surface area contributed by atoms with Crippen molar-refractivity contribution in [3.05, 3.63) is 10.7 Å². The second kappa shape index (κ2) is 6.23. The van der Waals surface area contributed by atoms with Gasteiger partial charge in [-0.05, 0) is 13.0 Å². The third kappa shape index (κ3) is 2.87. The second-order valence-electron chi connectivity index (χ2n) is 5.53. The van der Waals surface area contributed by atoms with E-state index >= 15 is 0 Å². The molecule has 0 unspecified atom stereocenters. The van der Waals surface area contributed by atoms with Crippen molar-refractivity contribution < 1.29 is 9.53 Å². The van der Waals surface area contributed by atoms with Gasteiger partial charge in [0.2, 0.25) is 5.88 Å². The third-order valence-electron chi connectivity index (χ3n) is 4.01. The van der Waals surface area contributed by atoms with Gasteiger partial charge in [0.1, 0.15) is 5.02 Å². The van der Waals surface area contributed by atoms with Crippen LogP contribution in [0.1, 0.15) is 30.3 Å². The van der Waals surface area contributed by atoms with Gasteiger partial charge in [0, 0.05) is 39.1 Å². The lowest BCUT2D eigenvalue weighted by molar-refractivity contribution is 0.0631. The van der Waals surface area contributed by atoms with Crippen LogP contribution in [-0.4, -0.2) is 64.8 Å². The molecule has 0 radical (unpaired) electrons. The number of hydrogen-bond acceptors (Lipinski definition) is 4. The first-order chi connectivity index (χ1) is 10.2. The number of carbonyl (C=O) groups excluding carboxylic acids is 1. The van der Waals surface area contributed by atoms with Crippen LogP contribution in [0.3, 0.4) is 0 Å². The molecule has 6 nitrogen and oxygen atoms in total. The van der Waals surface area contributed by atoms with Crippen LogP contribution in [0.15, 0.2) is 0 Å². The van der Waals surface area contributed by atoms with Crippen LogP contribution >= 0.6 is 11.6 Å². The van der Waals surface area contributed by atoms with Crippen molar-refractivity contribution in [1.29, 1.82) is 0 Å². The van der Waals surface area contributed by atoms with Crippen LogP contribution in [0.5, 0.6) is 5.88 Å². The molecule has 2 aliphatic heterocycles. The molecule has 1 fully saturated rings. The minimum Gasteiger partial charge on any atom is -0.477 e. The number of carbonyl (C=O) groups is 1. The van der Waals surface area contributed by atoms with E-state index in [1.807, 2.05) is 4.90 Å². The van der Waals surface area contributed by atoms with Crippen LogP contribution < -0.4 is 4.74 Å². The van der Waals surface area contributed by atoms with E-state index in [1.165, 1.54) is 0 Å². The molecule has 0 bridgehead atoms. The van der Waals surface area contributed by atoms with Crippen molar-refractivity contribution in [2.24, 2.45) is 0 Å². The van der Waals surface area contributed by atoms with Gasteiger partial charge < -0.3 is 9.64 Å². The van der Waals surface area contributed by atoms with Crippen LogP contribution in [-0.2, 0) is 6.54 Å². The van der Waals surface area contributed by atoms with Crippen LogP contribution in [0, 0.1) is 0 Å². The number of fused-ring (bicyclic) bond motifs is 1. The average molecular weight is 313 g/mol. The molecule has 0 N–H and O–H groups in total. The van der Waals surface area contributed by atoms with Crippen LogP contribution in [0.2, 0.25) is 5.02 Å². The molecule has 1 aromatic rings. The molecule has 0 atom stereocenters. The Morgan fingerprint density at radius 2 is 2.05 bits per heavy atom. The van der Waals surface area contributed by atoms with Gasteiger partial charge >= 0.3 is 0 Å². The number of aromatic nitrogens is 2. The zero-order valence-corrected chi connectivity index (χ0v) is 13.1. The molecule has 1 aromatic heterocycles. The first-order valence-electron chi connectivity index (χ1n) is 7.61. The van der Waals surface area contributed by atoms with Crippen molar-refractivity contribution in [2.75, 3.05) is 39.3 Å². The highest BCUT2D eigenvalue weighted by Gasteiger charge is 2.29. The lowest BCUT2D eigenvalue weighted by Crippen LogP contribution is -2.48. The van der Waals surface area contributed by atoms with Gasteiger partial charge in [0.15, 0.2) is 5.69 Å². The molecule has 0 aromatic carbocycles. The summed E-state index contributed by atoms with van der Waals surface area (Å²) in [5.41, 5.74) is 0.331. The lowest BCUT2D eigenvalue weighted by atomic mass is 10.2. The summed E-state index contributed by atoms with van der Waals surface area (Å²) >= 11 is 6.27. The van der Waals surface area contributed by atoms with Gasteiger partial charge in [0.05, 0.1) is 6.61 Å². The molecule has 3 rings (SSSR count). The average Bonchev–Trinajstić information content (AvgIpc) is 2.85. The van der Waals surface area contributed by atoms with E-state index < -0.39 is 0 Å². The van der Waals surface area contributed by atoms with E-state index in [0.29, 0.717) is 23.2 Å². The number of hydrogen-bond donors (Lipinski definition) is 0. The summed E-state index contributed by atoms with van der Waals surface area (Å²) in [5, 5.41) is 4.69. The molecule has 2 aliphatic rings. The second-order valence-corrected chi connectivity index (χ2v) is 5.90. The van der Waals surface area contributed by atoms with Crippen molar-refractivity contribution in [3.8, 4) is 5.88 Å². The van der Waals surface area contributed by atoms with Gasteiger partial charge in [0.25, 0.3) is 5.91 Å². The van der Waals surface area contributed by atoms with E-state index in [4.69, 9.17) is 16.3 Å². The fraction of sp³-hybridized carbons (Fsp3) is 0.714. The Kier molecular flexibility index (Phi) is 4.35. The Morgan fingerprint density at radius 1 is 1.29 bits per heavy atom. The number of aryl methyl sites for hydroxylation is 1. The molecule has 0 spiro atoms. The predicted octanol–water partition coefficient (Wildman–Crippen LogP) is 1.49. The number of halogens is 1. The van der Waals surface area contributed by atoms with Crippen molar-refractivity contribution >= 4 is 17.5 Å². The van der Waals surface area contributed by atoms with Gasteiger partial charge in [-0.25, -0.2) is 4.68 Å². The fourth-order valence-corrected chi connectivity index (χ4v) is 3.15. The number of amides is 1. The largest absolute Gasteiger partial charge is 0.477 e. The topological polar surface area (TPSA) is 50.6 Å². The molecule has 3 heterocycles. The first-order valence-corrected chi connectivity index (χ1v) is 7.99. The third-order valence-corrected chi connectivity index (χ3v) is 4.35. The molecule has 7 heteroatoms. The molecule has 1 saturated heterocycles. The summed E-state index contributed by atoms with van der Waals surface area (Å²) < 4.78 is 7.21. The predicted molar refractivity (Wildman–Crippen MR) is 80.0 cm³/mol. The number of piperazine rings is 1. The number of rotatable bonds is 3. The Morgan fingerprint density at radius 3 is 2.71 bits per heavy atom. The first kappa shape index (κ1) is 14.7. The maximum atomic E-state index is 12.6. The van der Waals surface area contributed by atoms with Crippen molar-refractivity contribution in [1.82, 2.24) is 19.6 Å². The molecular formula is C14H21ClN4O2. The Bertz CT molecular complexity index is 523. The number of ether oxygens (including phenoxy) is 1. The van der Waals surface area contributed by atoms with Gasteiger partial charge in [-0.15, -0.1) is 0 Å². The van der Waals surface area contributed by atoms with Gasteiger partial charge in [-0.1, -0.05) is 18.5 Å². The van der Waals surface area contributed by atoms with Crippen molar-refractivity contribution in [3.63, 3.8) is 0 Å². The number of nitrogens with zero attached hydrogens (tertiary/aromatic N) is 4. The smallest absolute Gasteiger partial charge is 0.276 e. The summed E-state index contributed by atoms with van der Waals surface area (Å²) in [5.74, 6) is 0.456. The standard InChI is InChI=1S/C14H21ClN4O2/c1-2-4-17-6-8-18(9-7-17)13(20)12-11(15)14-19(16-12)5-3-10-21-14/h2-10H2,1H3. The molecule has 0 aliphatic carbocycles.